The number of hydrogen-bond acceptors (Lipinski definition) is 7. The van der Waals surface area contributed by atoms with E-state index >= 15 is 0 Å². The molecule has 8 nitrogen and oxygen atoms in total. The van der Waals surface area contributed by atoms with Crippen LogP contribution in [0.1, 0.15) is 6.92 Å². The summed E-state index contributed by atoms with van der Waals surface area (Å²) >= 11 is 0. The van der Waals surface area contributed by atoms with Gasteiger partial charge in [0.15, 0.2) is 5.44 Å². The fourth-order valence-corrected chi connectivity index (χ4v) is 2.75. The van der Waals surface area contributed by atoms with Gasteiger partial charge in [0.05, 0.1) is 11.4 Å². The maximum absolute atomic E-state index is 11.8. The predicted octanol–water partition coefficient (Wildman–Crippen LogP) is -3.74. The van der Waals surface area contributed by atoms with E-state index in [1.165, 1.54) is 12.1 Å². The Hall–Kier alpha value is -0.603. The van der Waals surface area contributed by atoms with Gasteiger partial charge in [-0.15, -0.1) is 0 Å². The molecule has 0 aliphatic carbocycles. The number of anilines is 1. The van der Waals surface area contributed by atoms with E-state index in [0.717, 1.165) is 5.69 Å². The van der Waals surface area contributed by atoms with Crippen molar-refractivity contribution in [1.29, 1.82) is 0 Å². The van der Waals surface area contributed by atoms with Gasteiger partial charge in [-0.25, -0.2) is 21.6 Å². The van der Waals surface area contributed by atoms with Gasteiger partial charge in [-0.2, -0.15) is 0 Å². The molecule has 11 heteroatoms. The first-order valence-electron chi connectivity index (χ1n) is 5.63. The Morgan fingerprint density at radius 1 is 1.19 bits per heavy atom. The van der Waals surface area contributed by atoms with E-state index in [9.17, 15) is 21.4 Å². The monoisotopic (exact) mass is 330 g/mol. The molecule has 0 fully saturated rings. The minimum Gasteiger partial charge on any atom is -0.746 e. The molecular formula is C10H15LiN2O6S2. The third kappa shape index (κ3) is 6.35. The molecule has 21 heavy (non-hydrogen) atoms. The Balaban J connectivity index is 0.00000400. The van der Waals surface area contributed by atoms with Crippen molar-refractivity contribution in [3.63, 3.8) is 0 Å². The second-order valence-corrected chi connectivity index (χ2v) is 7.15. The minimum atomic E-state index is -4.95. The van der Waals surface area contributed by atoms with Crippen LogP contribution in [0.5, 0.6) is 0 Å². The van der Waals surface area contributed by atoms with Crippen molar-refractivity contribution in [3.05, 3.63) is 24.3 Å². The Labute approximate surface area is 135 Å². The number of benzene rings is 1. The summed E-state index contributed by atoms with van der Waals surface area (Å²) in [4.78, 5) is -0.102. The van der Waals surface area contributed by atoms with Crippen molar-refractivity contribution in [2.75, 3.05) is 18.4 Å². The van der Waals surface area contributed by atoms with Gasteiger partial charge in [0, 0.05) is 12.2 Å². The second kappa shape index (κ2) is 8.14. The third-order valence-corrected chi connectivity index (χ3v) is 4.60. The molecule has 0 aromatic heterocycles. The average molecular weight is 330 g/mol. The van der Waals surface area contributed by atoms with Crippen LogP contribution in [-0.4, -0.2) is 45.0 Å². The van der Waals surface area contributed by atoms with Gasteiger partial charge >= 0.3 is 18.9 Å². The molecule has 0 heterocycles. The van der Waals surface area contributed by atoms with Crippen molar-refractivity contribution < 1.29 is 45.4 Å². The van der Waals surface area contributed by atoms with Crippen LogP contribution in [0, 0.1) is 0 Å². The smallest absolute Gasteiger partial charge is 0.746 e. The molecule has 0 saturated heterocycles. The van der Waals surface area contributed by atoms with Crippen LogP contribution in [0.15, 0.2) is 29.2 Å². The van der Waals surface area contributed by atoms with Gasteiger partial charge < -0.3 is 15.0 Å². The number of aliphatic hydroxyl groups excluding tert-OH is 1. The minimum absolute atomic E-state index is 0. The number of hydrogen-bond donors (Lipinski definition) is 3. The molecule has 0 spiro atoms. The molecule has 0 bridgehead atoms. The van der Waals surface area contributed by atoms with E-state index in [0.29, 0.717) is 6.54 Å². The molecule has 0 radical (unpaired) electrons. The van der Waals surface area contributed by atoms with Crippen LogP contribution in [0.4, 0.5) is 5.69 Å². The molecule has 0 saturated carbocycles. The van der Waals surface area contributed by atoms with Gasteiger partial charge in [0.25, 0.3) is 0 Å². The first-order valence-corrected chi connectivity index (χ1v) is 8.58. The first-order chi connectivity index (χ1) is 9.16. The molecule has 0 aliphatic rings. The summed E-state index contributed by atoms with van der Waals surface area (Å²) in [5, 5.41) is 12.0. The molecule has 114 valence electrons. The Morgan fingerprint density at radius 2 is 1.71 bits per heavy atom. The van der Waals surface area contributed by atoms with Crippen LogP contribution in [0.2, 0.25) is 0 Å². The number of sulfonamides is 1. The van der Waals surface area contributed by atoms with Gasteiger partial charge in [-0.1, -0.05) is 0 Å². The summed E-state index contributed by atoms with van der Waals surface area (Å²) in [6.07, 6.45) is 0. The van der Waals surface area contributed by atoms with Crippen molar-refractivity contribution in [1.82, 2.24) is 4.72 Å². The maximum atomic E-state index is 11.8. The van der Waals surface area contributed by atoms with Gasteiger partial charge in [0.2, 0.25) is 10.0 Å². The quantitative estimate of drug-likeness (QED) is 0.345. The third-order valence-electron chi connectivity index (χ3n) is 2.33. The fraction of sp³-hybridized carbons (Fsp3) is 0.400. The summed E-state index contributed by atoms with van der Waals surface area (Å²) < 4.78 is 56.8. The molecule has 1 rings (SSSR count). The molecule has 1 atom stereocenters. The molecule has 0 aliphatic heterocycles. The van der Waals surface area contributed by atoms with Crippen molar-refractivity contribution in [2.45, 2.75) is 17.3 Å². The number of rotatable bonds is 7. The van der Waals surface area contributed by atoms with Crippen LogP contribution in [0.25, 0.3) is 0 Å². The maximum Gasteiger partial charge on any atom is 1.00 e. The van der Waals surface area contributed by atoms with Crippen LogP contribution in [-0.2, 0) is 20.1 Å². The topological polar surface area (TPSA) is 136 Å². The summed E-state index contributed by atoms with van der Waals surface area (Å²) in [5.74, 6) is 0. The fourth-order valence-electron chi connectivity index (χ4n) is 1.32. The molecule has 1 aromatic carbocycles. The largest absolute Gasteiger partial charge is 1.00 e. The van der Waals surface area contributed by atoms with Crippen molar-refractivity contribution in [2.24, 2.45) is 0 Å². The molecule has 1 unspecified atom stereocenters. The second-order valence-electron chi connectivity index (χ2n) is 3.85. The zero-order chi connectivity index (χ0) is 15.4. The molecule has 0 amide bonds. The number of nitrogens with one attached hydrogen (secondary N) is 2. The summed E-state index contributed by atoms with van der Waals surface area (Å²) in [6.45, 7) is 1.66. The molecular weight excluding hydrogens is 315 g/mol. The van der Waals surface area contributed by atoms with Gasteiger partial charge in [0.1, 0.15) is 10.1 Å². The predicted molar refractivity (Wildman–Crippen MR) is 71.5 cm³/mol. The Kier molecular flexibility index (Phi) is 7.91. The zero-order valence-corrected chi connectivity index (χ0v) is 13.2. The normalized spacial score (nSPS) is 13.3. The van der Waals surface area contributed by atoms with Gasteiger partial charge in [-0.05, 0) is 31.2 Å². The standard InChI is InChI=1S/C10H16N2O6S2.Li/c1-2-11-8-3-5-9(6-4-8)19(14,15)12-7-10(13)20(16,17)18;/h3-6,10-13H,2,7H2,1H3,(H,16,17,18);/q;+1/p-1. The van der Waals surface area contributed by atoms with Gasteiger partial charge in [-0.3, -0.25) is 0 Å². The molecule has 3 N–H and O–H groups in total. The summed E-state index contributed by atoms with van der Waals surface area (Å²) in [7, 11) is -8.94. The van der Waals surface area contributed by atoms with E-state index in [4.69, 9.17) is 5.11 Å². The van der Waals surface area contributed by atoms with E-state index < -0.39 is 32.1 Å². The SMILES string of the molecule is CCNc1ccc(S(=O)(=O)NCC(O)S(=O)(=O)[O-])cc1.[Li+]. The van der Waals surface area contributed by atoms with Crippen molar-refractivity contribution >= 4 is 25.8 Å². The zero-order valence-electron chi connectivity index (χ0n) is 11.6. The van der Waals surface area contributed by atoms with Crippen LogP contribution in [0.3, 0.4) is 0 Å². The first kappa shape index (κ1) is 20.4. The van der Waals surface area contributed by atoms with E-state index in [-0.39, 0.29) is 23.8 Å². The van der Waals surface area contributed by atoms with E-state index in [2.05, 4.69) is 5.32 Å². The average Bonchev–Trinajstić information content (AvgIpc) is 2.36. The summed E-state index contributed by atoms with van der Waals surface area (Å²) in [6, 6.07) is 5.72. The van der Waals surface area contributed by atoms with E-state index in [1.54, 1.807) is 12.1 Å². The molecule has 1 aromatic rings. The van der Waals surface area contributed by atoms with Crippen molar-refractivity contribution in [3.8, 4) is 0 Å². The van der Waals surface area contributed by atoms with Crippen LogP contribution < -0.4 is 28.9 Å². The summed E-state index contributed by atoms with van der Waals surface area (Å²) in [5.41, 5.74) is -1.59. The van der Waals surface area contributed by atoms with E-state index in [1.807, 2.05) is 11.6 Å². The Bertz CT molecular complexity index is 645. The number of aliphatic hydroxyl groups is 1. The Morgan fingerprint density at radius 3 is 2.14 bits per heavy atom. The van der Waals surface area contributed by atoms with Crippen LogP contribution >= 0.6 is 0 Å².